The quantitative estimate of drug-likeness (QED) is 0.839. The second-order valence-corrected chi connectivity index (χ2v) is 7.38. The van der Waals surface area contributed by atoms with Gasteiger partial charge in [0.25, 0.3) is 5.91 Å². The highest BCUT2D eigenvalue weighted by atomic mass is 35.5. The van der Waals surface area contributed by atoms with E-state index < -0.39 is 0 Å². The standard InChI is InChI=1S/C20H20Cl2N2O2/c1-13(25)23-18-7-8-24(19(12-18)14-5-3-2-4-6-14)20(26)15-9-16(21)11-17(22)10-15/h2-6,9-11,18-19H,7-8,12H2,1H3,(H,23,25)/t18-,19+/m0/s1. The molecule has 1 aliphatic rings. The van der Waals surface area contributed by atoms with Gasteiger partial charge in [0.05, 0.1) is 6.04 Å². The topological polar surface area (TPSA) is 49.4 Å². The third kappa shape index (κ3) is 4.37. The monoisotopic (exact) mass is 390 g/mol. The van der Waals surface area contributed by atoms with E-state index >= 15 is 0 Å². The summed E-state index contributed by atoms with van der Waals surface area (Å²) >= 11 is 12.1. The Morgan fingerprint density at radius 1 is 1.08 bits per heavy atom. The number of hydrogen-bond donors (Lipinski definition) is 1. The summed E-state index contributed by atoms with van der Waals surface area (Å²) in [5, 5.41) is 3.85. The van der Waals surface area contributed by atoms with Crippen LogP contribution in [0.3, 0.4) is 0 Å². The minimum atomic E-state index is -0.118. The molecule has 26 heavy (non-hydrogen) atoms. The van der Waals surface area contributed by atoms with E-state index in [4.69, 9.17) is 23.2 Å². The van der Waals surface area contributed by atoms with Crippen LogP contribution in [0, 0.1) is 0 Å². The van der Waals surface area contributed by atoms with Crippen molar-refractivity contribution in [3.63, 3.8) is 0 Å². The number of likely N-dealkylation sites (tertiary alicyclic amines) is 1. The third-order valence-electron chi connectivity index (χ3n) is 4.56. The van der Waals surface area contributed by atoms with Gasteiger partial charge in [-0.3, -0.25) is 9.59 Å². The molecule has 1 N–H and O–H groups in total. The first-order valence-corrected chi connectivity index (χ1v) is 9.29. The smallest absolute Gasteiger partial charge is 0.254 e. The fourth-order valence-corrected chi connectivity index (χ4v) is 3.99. The zero-order chi connectivity index (χ0) is 18.7. The van der Waals surface area contributed by atoms with E-state index in [0.717, 1.165) is 5.56 Å². The van der Waals surface area contributed by atoms with Crippen LogP contribution in [0.5, 0.6) is 0 Å². The lowest BCUT2D eigenvalue weighted by atomic mass is 9.91. The molecule has 0 aliphatic carbocycles. The molecule has 3 rings (SSSR count). The Morgan fingerprint density at radius 2 is 1.73 bits per heavy atom. The Kier molecular flexibility index (Phi) is 5.84. The van der Waals surface area contributed by atoms with Crippen LogP contribution in [0.4, 0.5) is 0 Å². The Morgan fingerprint density at radius 3 is 2.35 bits per heavy atom. The molecule has 2 aromatic carbocycles. The molecule has 0 radical (unpaired) electrons. The lowest BCUT2D eigenvalue weighted by Crippen LogP contribution is -2.47. The van der Waals surface area contributed by atoms with Crippen LogP contribution in [-0.2, 0) is 4.79 Å². The van der Waals surface area contributed by atoms with E-state index in [0.29, 0.717) is 35.0 Å². The molecule has 2 amide bonds. The van der Waals surface area contributed by atoms with E-state index in [1.54, 1.807) is 18.2 Å². The van der Waals surface area contributed by atoms with Gasteiger partial charge in [0.1, 0.15) is 0 Å². The van der Waals surface area contributed by atoms with Gasteiger partial charge in [-0.05, 0) is 36.6 Å². The van der Waals surface area contributed by atoms with Gasteiger partial charge in [0, 0.05) is 35.1 Å². The van der Waals surface area contributed by atoms with Crippen molar-refractivity contribution in [1.82, 2.24) is 10.2 Å². The minimum absolute atomic E-state index is 0.0460. The molecule has 0 aromatic heterocycles. The van der Waals surface area contributed by atoms with Crippen molar-refractivity contribution >= 4 is 35.0 Å². The van der Waals surface area contributed by atoms with Crippen molar-refractivity contribution < 1.29 is 9.59 Å². The van der Waals surface area contributed by atoms with Crippen molar-refractivity contribution in [3.8, 4) is 0 Å². The Balaban J connectivity index is 1.90. The number of benzene rings is 2. The summed E-state index contributed by atoms with van der Waals surface area (Å²) in [6.07, 6.45) is 1.38. The number of nitrogens with one attached hydrogen (secondary N) is 1. The minimum Gasteiger partial charge on any atom is -0.353 e. The maximum absolute atomic E-state index is 13.1. The van der Waals surface area contributed by atoms with Crippen molar-refractivity contribution in [1.29, 1.82) is 0 Å². The number of amides is 2. The van der Waals surface area contributed by atoms with Gasteiger partial charge >= 0.3 is 0 Å². The molecule has 0 unspecified atom stereocenters. The Labute approximate surface area is 163 Å². The predicted octanol–water partition coefficient (Wildman–Crippen LogP) is 4.48. The zero-order valence-corrected chi connectivity index (χ0v) is 15.9. The van der Waals surface area contributed by atoms with Crippen LogP contribution >= 0.6 is 23.2 Å². The maximum atomic E-state index is 13.1. The molecule has 0 spiro atoms. The van der Waals surface area contributed by atoms with Gasteiger partial charge in [0.15, 0.2) is 0 Å². The average Bonchev–Trinajstić information content (AvgIpc) is 2.60. The van der Waals surface area contributed by atoms with Gasteiger partial charge in [-0.15, -0.1) is 0 Å². The first kappa shape index (κ1) is 18.7. The first-order chi connectivity index (χ1) is 12.4. The fourth-order valence-electron chi connectivity index (χ4n) is 3.46. The van der Waals surface area contributed by atoms with Gasteiger partial charge < -0.3 is 10.2 Å². The molecule has 136 valence electrons. The van der Waals surface area contributed by atoms with Crippen LogP contribution in [0.25, 0.3) is 0 Å². The lowest BCUT2D eigenvalue weighted by molar-refractivity contribution is -0.120. The molecule has 6 heteroatoms. The summed E-state index contributed by atoms with van der Waals surface area (Å²) in [7, 11) is 0. The summed E-state index contributed by atoms with van der Waals surface area (Å²) in [6, 6.07) is 14.7. The van der Waals surface area contributed by atoms with Crippen molar-refractivity contribution in [2.75, 3.05) is 6.54 Å². The number of rotatable bonds is 3. The van der Waals surface area contributed by atoms with E-state index in [1.165, 1.54) is 6.92 Å². The lowest BCUT2D eigenvalue weighted by Gasteiger charge is -2.40. The van der Waals surface area contributed by atoms with Crippen LogP contribution in [0.2, 0.25) is 10.0 Å². The highest BCUT2D eigenvalue weighted by Crippen LogP contribution is 2.33. The summed E-state index contributed by atoms with van der Waals surface area (Å²) in [6.45, 7) is 2.07. The van der Waals surface area contributed by atoms with Gasteiger partial charge in [-0.25, -0.2) is 0 Å². The number of carbonyl (C=O) groups is 2. The van der Waals surface area contributed by atoms with Crippen molar-refractivity contribution in [2.24, 2.45) is 0 Å². The van der Waals surface area contributed by atoms with E-state index in [2.05, 4.69) is 5.32 Å². The number of piperidine rings is 1. The predicted molar refractivity (Wildman–Crippen MR) is 104 cm³/mol. The highest BCUT2D eigenvalue weighted by Gasteiger charge is 2.33. The average molecular weight is 391 g/mol. The summed E-state index contributed by atoms with van der Waals surface area (Å²) in [4.78, 5) is 26.4. The van der Waals surface area contributed by atoms with Crippen LogP contribution in [0.15, 0.2) is 48.5 Å². The largest absolute Gasteiger partial charge is 0.353 e. The molecule has 1 saturated heterocycles. The summed E-state index contributed by atoms with van der Waals surface area (Å²) in [5.41, 5.74) is 1.52. The van der Waals surface area contributed by atoms with Gasteiger partial charge in [0.2, 0.25) is 5.91 Å². The molecule has 0 bridgehead atoms. The molecule has 2 atom stereocenters. The number of nitrogens with zero attached hydrogens (tertiary/aromatic N) is 1. The van der Waals surface area contributed by atoms with Crippen LogP contribution in [0.1, 0.15) is 41.7 Å². The molecule has 1 heterocycles. The molecule has 2 aromatic rings. The Bertz CT molecular complexity index is 790. The second kappa shape index (κ2) is 8.11. The first-order valence-electron chi connectivity index (χ1n) is 8.53. The van der Waals surface area contributed by atoms with Crippen LogP contribution in [-0.4, -0.2) is 29.3 Å². The maximum Gasteiger partial charge on any atom is 0.254 e. The summed E-state index contributed by atoms with van der Waals surface area (Å²) in [5.74, 6) is -0.160. The van der Waals surface area contributed by atoms with Crippen molar-refractivity contribution in [2.45, 2.75) is 31.8 Å². The Hall–Kier alpha value is -2.04. The SMILES string of the molecule is CC(=O)N[C@H]1CCN(C(=O)c2cc(Cl)cc(Cl)c2)[C@@H](c2ccccc2)C1. The van der Waals surface area contributed by atoms with E-state index in [-0.39, 0.29) is 23.9 Å². The molecule has 1 fully saturated rings. The molecular weight excluding hydrogens is 371 g/mol. The molecule has 0 saturated carbocycles. The zero-order valence-electron chi connectivity index (χ0n) is 14.4. The molecular formula is C20H20Cl2N2O2. The molecule has 1 aliphatic heterocycles. The third-order valence-corrected chi connectivity index (χ3v) is 5.00. The van der Waals surface area contributed by atoms with Crippen LogP contribution < -0.4 is 5.32 Å². The number of hydrogen-bond acceptors (Lipinski definition) is 2. The highest BCUT2D eigenvalue weighted by molar-refractivity contribution is 6.35. The van der Waals surface area contributed by atoms with Crippen molar-refractivity contribution in [3.05, 3.63) is 69.7 Å². The van der Waals surface area contributed by atoms with E-state index in [1.807, 2.05) is 35.2 Å². The molecule has 4 nitrogen and oxygen atoms in total. The normalized spacial score (nSPS) is 19.9. The summed E-state index contributed by atoms with van der Waals surface area (Å²) < 4.78 is 0. The second-order valence-electron chi connectivity index (χ2n) is 6.50. The number of carbonyl (C=O) groups excluding carboxylic acids is 2. The van der Waals surface area contributed by atoms with Gasteiger partial charge in [-0.2, -0.15) is 0 Å². The number of halogens is 2. The van der Waals surface area contributed by atoms with E-state index in [9.17, 15) is 9.59 Å². The van der Waals surface area contributed by atoms with Gasteiger partial charge in [-0.1, -0.05) is 53.5 Å². The fraction of sp³-hybridized carbons (Fsp3) is 0.300.